The van der Waals surface area contributed by atoms with Gasteiger partial charge in [0.1, 0.15) is 5.54 Å². The molecule has 0 aromatic rings. The van der Waals surface area contributed by atoms with Crippen molar-refractivity contribution < 1.29 is 9.90 Å². The van der Waals surface area contributed by atoms with Crippen LogP contribution < -0.4 is 5.32 Å². The molecule has 0 saturated carbocycles. The van der Waals surface area contributed by atoms with Gasteiger partial charge in [-0.2, -0.15) is 0 Å². The molecule has 0 aliphatic heterocycles. The minimum absolute atomic E-state index is 0.586. The van der Waals surface area contributed by atoms with Crippen LogP contribution in [0.1, 0.15) is 59.8 Å². The molecule has 1 atom stereocenters. The molecule has 0 aromatic carbocycles. The van der Waals surface area contributed by atoms with E-state index in [2.05, 4.69) is 31.0 Å². The summed E-state index contributed by atoms with van der Waals surface area (Å²) in [5.41, 5.74) is -0.836. The van der Waals surface area contributed by atoms with Gasteiger partial charge >= 0.3 is 5.97 Å². The van der Waals surface area contributed by atoms with Crippen LogP contribution in [-0.4, -0.2) is 47.7 Å². The molecule has 0 aromatic heterocycles. The first kappa shape index (κ1) is 18.4. The quantitative estimate of drug-likeness (QED) is 0.573. The highest BCUT2D eigenvalue weighted by atomic mass is 16.4. The zero-order chi connectivity index (χ0) is 14.7. The van der Waals surface area contributed by atoms with Crippen molar-refractivity contribution in [3.8, 4) is 0 Å². The average molecular weight is 272 g/mol. The van der Waals surface area contributed by atoms with Gasteiger partial charge in [0.05, 0.1) is 0 Å². The van der Waals surface area contributed by atoms with Crippen molar-refractivity contribution in [1.82, 2.24) is 10.2 Å². The highest BCUT2D eigenvalue weighted by Gasteiger charge is 2.34. The second-order valence-corrected chi connectivity index (χ2v) is 5.55. The topological polar surface area (TPSA) is 52.6 Å². The molecule has 4 heteroatoms. The monoisotopic (exact) mass is 272 g/mol. The zero-order valence-corrected chi connectivity index (χ0v) is 13.2. The Hall–Kier alpha value is -0.610. The van der Waals surface area contributed by atoms with Crippen molar-refractivity contribution in [3.05, 3.63) is 0 Å². The smallest absolute Gasteiger partial charge is 0.324 e. The van der Waals surface area contributed by atoms with Crippen LogP contribution in [0.3, 0.4) is 0 Å². The third-order valence-corrected chi connectivity index (χ3v) is 3.43. The van der Waals surface area contributed by atoms with Crippen LogP contribution in [0.4, 0.5) is 0 Å². The Bertz CT molecular complexity index is 238. The molecule has 1 unspecified atom stereocenters. The van der Waals surface area contributed by atoms with Gasteiger partial charge in [0.2, 0.25) is 0 Å². The molecular formula is C15H32N2O2. The van der Waals surface area contributed by atoms with E-state index in [0.717, 1.165) is 51.7 Å². The first-order valence-electron chi connectivity index (χ1n) is 7.70. The molecule has 0 radical (unpaired) electrons. The summed E-state index contributed by atoms with van der Waals surface area (Å²) in [6, 6.07) is 0. The molecule has 0 amide bonds. The predicted molar refractivity (Wildman–Crippen MR) is 80.6 cm³/mol. The highest BCUT2D eigenvalue weighted by molar-refractivity contribution is 5.78. The summed E-state index contributed by atoms with van der Waals surface area (Å²) < 4.78 is 0. The summed E-state index contributed by atoms with van der Waals surface area (Å²) in [6.45, 7) is 11.5. The van der Waals surface area contributed by atoms with Crippen LogP contribution in [0.2, 0.25) is 0 Å². The number of aliphatic carboxylic acids is 1. The van der Waals surface area contributed by atoms with E-state index in [4.69, 9.17) is 0 Å². The molecule has 0 bridgehead atoms. The number of carboxylic acids is 1. The summed E-state index contributed by atoms with van der Waals surface area (Å²) in [5.74, 6) is -0.751. The van der Waals surface area contributed by atoms with Gasteiger partial charge in [0, 0.05) is 6.54 Å². The third-order valence-electron chi connectivity index (χ3n) is 3.43. The summed E-state index contributed by atoms with van der Waals surface area (Å²) >= 11 is 0. The Labute approximate surface area is 118 Å². The standard InChI is InChI=1S/C15H32N2O2/c1-5-8-11-17(12-9-6-2)13-15(4,14(18)19)16-10-7-3/h16H,5-13H2,1-4H3,(H,18,19). The van der Waals surface area contributed by atoms with E-state index in [1.165, 1.54) is 0 Å². The number of nitrogens with one attached hydrogen (secondary N) is 1. The lowest BCUT2D eigenvalue weighted by Crippen LogP contribution is -2.57. The van der Waals surface area contributed by atoms with Crippen molar-refractivity contribution in [2.45, 2.75) is 65.3 Å². The van der Waals surface area contributed by atoms with Crippen LogP contribution in [0.25, 0.3) is 0 Å². The van der Waals surface area contributed by atoms with E-state index in [1.54, 1.807) is 6.92 Å². The molecule has 19 heavy (non-hydrogen) atoms. The lowest BCUT2D eigenvalue weighted by molar-refractivity contribution is -0.145. The molecule has 0 rings (SSSR count). The summed E-state index contributed by atoms with van der Waals surface area (Å²) in [4.78, 5) is 13.8. The number of hydrogen-bond acceptors (Lipinski definition) is 3. The zero-order valence-electron chi connectivity index (χ0n) is 13.2. The number of unbranched alkanes of at least 4 members (excludes halogenated alkanes) is 2. The molecule has 0 heterocycles. The van der Waals surface area contributed by atoms with Crippen LogP contribution in [-0.2, 0) is 4.79 Å². The van der Waals surface area contributed by atoms with Crippen LogP contribution in [0, 0.1) is 0 Å². The fourth-order valence-electron chi connectivity index (χ4n) is 2.08. The first-order chi connectivity index (χ1) is 9.00. The van der Waals surface area contributed by atoms with E-state index in [-0.39, 0.29) is 0 Å². The van der Waals surface area contributed by atoms with E-state index >= 15 is 0 Å². The molecule has 2 N–H and O–H groups in total. The molecule has 0 saturated heterocycles. The maximum atomic E-state index is 11.5. The van der Waals surface area contributed by atoms with Gasteiger partial charge in [-0.15, -0.1) is 0 Å². The van der Waals surface area contributed by atoms with Gasteiger partial charge in [0.15, 0.2) is 0 Å². The van der Waals surface area contributed by atoms with Gasteiger partial charge in [-0.25, -0.2) is 0 Å². The summed E-state index contributed by atoms with van der Waals surface area (Å²) in [5, 5.41) is 12.7. The fraction of sp³-hybridized carbons (Fsp3) is 0.933. The normalized spacial score (nSPS) is 14.6. The summed E-state index contributed by atoms with van der Waals surface area (Å²) in [7, 11) is 0. The van der Waals surface area contributed by atoms with Gasteiger partial charge in [-0.1, -0.05) is 33.6 Å². The summed E-state index contributed by atoms with van der Waals surface area (Å²) in [6.07, 6.45) is 5.51. The number of carboxylic acid groups (broad SMARTS) is 1. The van der Waals surface area contributed by atoms with E-state index in [0.29, 0.717) is 6.54 Å². The third kappa shape index (κ3) is 7.53. The average Bonchev–Trinajstić information content (AvgIpc) is 2.39. The van der Waals surface area contributed by atoms with Gasteiger partial charge < -0.3 is 15.3 Å². The molecule has 0 aliphatic rings. The molecule has 0 aliphatic carbocycles. The first-order valence-corrected chi connectivity index (χ1v) is 7.70. The number of carbonyl (C=O) groups is 1. The van der Waals surface area contributed by atoms with Crippen molar-refractivity contribution in [2.75, 3.05) is 26.2 Å². The van der Waals surface area contributed by atoms with Gasteiger partial charge in [-0.05, 0) is 45.8 Å². The number of hydrogen-bond donors (Lipinski definition) is 2. The maximum absolute atomic E-state index is 11.5. The molecular weight excluding hydrogens is 240 g/mol. The maximum Gasteiger partial charge on any atom is 0.324 e. The second-order valence-electron chi connectivity index (χ2n) is 5.55. The van der Waals surface area contributed by atoms with Gasteiger partial charge in [-0.3, -0.25) is 4.79 Å². The molecule has 114 valence electrons. The van der Waals surface area contributed by atoms with Crippen LogP contribution >= 0.6 is 0 Å². The molecule has 4 nitrogen and oxygen atoms in total. The second kappa shape index (κ2) is 10.2. The van der Waals surface area contributed by atoms with Gasteiger partial charge in [0.25, 0.3) is 0 Å². The van der Waals surface area contributed by atoms with Crippen molar-refractivity contribution in [1.29, 1.82) is 0 Å². The Morgan fingerprint density at radius 3 is 2.00 bits per heavy atom. The lowest BCUT2D eigenvalue weighted by atomic mass is 10.0. The number of rotatable bonds is 12. The molecule has 0 fully saturated rings. The predicted octanol–water partition coefficient (Wildman–Crippen LogP) is 2.73. The Morgan fingerprint density at radius 2 is 1.63 bits per heavy atom. The Morgan fingerprint density at radius 1 is 1.11 bits per heavy atom. The van der Waals surface area contributed by atoms with Crippen molar-refractivity contribution in [3.63, 3.8) is 0 Å². The van der Waals surface area contributed by atoms with Crippen molar-refractivity contribution >= 4 is 5.97 Å². The van der Waals surface area contributed by atoms with Crippen LogP contribution in [0.15, 0.2) is 0 Å². The minimum Gasteiger partial charge on any atom is -0.480 e. The van der Waals surface area contributed by atoms with E-state index in [9.17, 15) is 9.90 Å². The van der Waals surface area contributed by atoms with E-state index < -0.39 is 11.5 Å². The molecule has 0 spiro atoms. The van der Waals surface area contributed by atoms with Crippen molar-refractivity contribution in [2.24, 2.45) is 0 Å². The SMILES string of the molecule is CCCCN(CCCC)CC(C)(NCCC)C(=O)O. The Balaban J connectivity index is 4.56. The van der Waals surface area contributed by atoms with Crippen LogP contribution in [0.5, 0.6) is 0 Å². The highest BCUT2D eigenvalue weighted by Crippen LogP contribution is 2.10. The number of nitrogens with zero attached hydrogens (tertiary/aromatic N) is 1. The minimum atomic E-state index is -0.836. The largest absolute Gasteiger partial charge is 0.480 e. The Kier molecular flexibility index (Phi) is 9.88. The fourth-order valence-corrected chi connectivity index (χ4v) is 2.08. The van der Waals surface area contributed by atoms with E-state index in [1.807, 2.05) is 0 Å². The lowest BCUT2D eigenvalue weighted by Gasteiger charge is -2.33.